The molecule has 2 heteroatoms. The highest BCUT2D eigenvalue weighted by Gasteiger charge is 2.30. The van der Waals surface area contributed by atoms with E-state index in [1.54, 1.807) is 0 Å². The van der Waals surface area contributed by atoms with Crippen LogP contribution in [-0.4, -0.2) is 30.2 Å². The highest BCUT2D eigenvalue weighted by Crippen LogP contribution is 2.27. The van der Waals surface area contributed by atoms with E-state index < -0.39 is 0 Å². The summed E-state index contributed by atoms with van der Waals surface area (Å²) < 4.78 is 11.9. The molecule has 10 heavy (non-hydrogen) atoms. The molecule has 60 valence electrons. The molecule has 0 N–H and O–H groups in total. The van der Waals surface area contributed by atoms with Crippen LogP contribution < -0.4 is 0 Å². The first-order chi connectivity index (χ1) is 4.67. The van der Waals surface area contributed by atoms with Gasteiger partial charge in [-0.05, 0) is 33.2 Å². The fourth-order valence-electron chi connectivity index (χ4n) is 1.68. The molecule has 0 radical (unpaired) electrons. The highest BCUT2D eigenvalue weighted by molar-refractivity contribution is 4.87. The smallest absolute Gasteiger partial charge is 0.102 e. The van der Waals surface area contributed by atoms with Crippen molar-refractivity contribution < 1.29 is 4.39 Å². The van der Waals surface area contributed by atoms with E-state index in [2.05, 4.69) is 18.7 Å². The van der Waals surface area contributed by atoms with Crippen molar-refractivity contribution in [3.05, 3.63) is 0 Å². The quantitative estimate of drug-likeness (QED) is 0.573. The van der Waals surface area contributed by atoms with Crippen LogP contribution in [0.5, 0.6) is 0 Å². The van der Waals surface area contributed by atoms with Gasteiger partial charge in [0.2, 0.25) is 0 Å². The minimum atomic E-state index is -0.205. The third-order valence-electron chi connectivity index (χ3n) is 2.43. The van der Waals surface area contributed by atoms with Gasteiger partial charge in [-0.25, -0.2) is 4.39 Å². The molecule has 0 unspecified atom stereocenters. The van der Waals surface area contributed by atoms with Gasteiger partial charge in [0.1, 0.15) is 6.67 Å². The summed E-state index contributed by atoms with van der Waals surface area (Å²) in [5.74, 6) is 0. The van der Waals surface area contributed by atoms with Crippen LogP contribution >= 0.6 is 0 Å². The second-order valence-electron chi connectivity index (χ2n) is 3.59. The Morgan fingerprint density at radius 3 is 2.60 bits per heavy atom. The molecule has 1 heterocycles. The Morgan fingerprint density at radius 2 is 2.20 bits per heavy atom. The number of nitrogens with zero attached hydrogens (tertiary/aromatic N) is 1. The molecule has 0 atom stereocenters. The van der Waals surface area contributed by atoms with Gasteiger partial charge >= 0.3 is 0 Å². The number of alkyl halides is 1. The first kappa shape index (κ1) is 7.99. The number of hydrogen-bond donors (Lipinski definition) is 0. The lowest BCUT2D eigenvalue weighted by Crippen LogP contribution is -2.39. The van der Waals surface area contributed by atoms with Crippen LogP contribution in [0.15, 0.2) is 0 Å². The zero-order valence-electron chi connectivity index (χ0n) is 6.86. The zero-order chi connectivity index (χ0) is 7.61. The predicted octanol–water partition coefficient (Wildman–Crippen LogP) is 1.83. The van der Waals surface area contributed by atoms with Crippen molar-refractivity contribution in [3.63, 3.8) is 0 Å². The molecule has 0 bridgehead atoms. The third kappa shape index (κ3) is 1.48. The Morgan fingerprint density at radius 1 is 1.50 bits per heavy atom. The zero-order valence-corrected chi connectivity index (χ0v) is 6.86. The summed E-state index contributed by atoms with van der Waals surface area (Å²) in [6.45, 7) is 5.87. The van der Waals surface area contributed by atoms with E-state index in [0.29, 0.717) is 6.54 Å². The van der Waals surface area contributed by atoms with Crippen LogP contribution in [0.25, 0.3) is 0 Å². The topological polar surface area (TPSA) is 3.24 Å². The van der Waals surface area contributed by atoms with Gasteiger partial charge in [0, 0.05) is 12.1 Å². The average Bonchev–Trinajstić information content (AvgIpc) is 2.13. The lowest BCUT2D eigenvalue weighted by Gasteiger charge is -2.30. The molecule has 0 aromatic heterocycles. The lowest BCUT2D eigenvalue weighted by atomic mass is 10.0. The molecular formula is C8H16FN. The van der Waals surface area contributed by atoms with Crippen LogP contribution in [0.2, 0.25) is 0 Å². The van der Waals surface area contributed by atoms with Gasteiger partial charge in [0.05, 0.1) is 0 Å². The Hall–Kier alpha value is -0.110. The van der Waals surface area contributed by atoms with Crippen LogP contribution in [0.4, 0.5) is 4.39 Å². The molecule has 1 aliphatic heterocycles. The maximum absolute atomic E-state index is 11.9. The summed E-state index contributed by atoms with van der Waals surface area (Å²) in [7, 11) is 0. The van der Waals surface area contributed by atoms with Gasteiger partial charge in [-0.2, -0.15) is 0 Å². The first-order valence-corrected chi connectivity index (χ1v) is 3.98. The Kier molecular flexibility index (Phi) is 2.29. The lowest BCUT2D eigenvalue weighted by molar-refractivity contribution is 0.162. The minimum Gasteiger partial charge on any atom is -0.296 e. The maximum atomic E-state index is 11.9. The Balaban J connectivity index is 2.43. The molecule has 0 saturated carbocycles. The Bertz CT molecular complexity index is 112. The molecule has 0 spiro atoms. The van der Waals surface area contributed by atoms with E-state index in [4.69, 9.17) is 0 Å². The second kappa shape index (κ2) is 2.87. The Labute approximate surface area is 62.2 Å². The van der Waals surface area contributed by atoms with Crippen molar-refractivity contribution in [2.75, 3.05) is 19.8 Å². The summed E-state index contributed by atoms with van der Waals surface area (Å²) in [6.07, 6.45) is 2.44. The molecule has 1 aliphatic rings. The largest absolute Gasteiger partial charge is 0.296 e. The predicted molar refractivity (Wildman–Crippen MR) is 40.9 cm³/mol. The summed E-state index contributed by atoms with van der Waals surface area (Å²) >= 11 is 0. The van der Waals surface area contributed by atoms with Gasteiger partial charge < -0.3 is 0 Å². The number of halogens is 1. The fourth-order valence-corrected chi connectivity index (χ4v) is 1.68. The normalized spacial score (nSPS) is 25.5. The molecule has 1 fully saturated rings. The summed E-state index contributed by atoms with van der Waals surface area (Å²) in [4.78, 5) is 2.23. The molecule has 0 aromatic carbocycles. The van der Waals surface area contributed by atoms with Gasteiger partial charge in [-0.3, -0.25) is 4.90 Å². The van der Waals surface area contributed by atoms with E-state index in [1.165, 1.54) is 12.8 Å². The van der Waals surface area contributed by atoms with Crippen molar-refractivity contribution in [3.8, 4) is 0 Å². The van der Waals surface area contributed by atoms with E-state index in [-0.39, 0.29) is 12.2 Å². The van der Waals surface area contributed by atoms with Crippen molar-refractivity contribution >= 4 is 0 Å². The van der Waals surface area contributed by atoms with Crippen LogP contribution in [0, 0.1) is 0 Å². The molecule has 0 aromatic rings. The minimum absolute atomic E-state index is 0.205. The van der Waals surface area contributed by atoms with Gasteiger partial charge in [0.25, 0.3) is 0 Å². The fraction of sp³-hybridized carbons (Fsp3) is 1.00. The number of rotatable bonds is 2. The molecule has 1 nitrogen and oxygen atoms in total. The molecule has 1 saturated heterocycles. The molecule has 0 aliphatic carbocycles. The van der Waals surface area contributed by atoms with E-state index in [0.717, 1.165) is 6.54 Å². The standard InChI is InChI=1S/C8H16FN/c1-8(2)4-3-6-10(8)7-5-9/h3-7H2,1-2H3. The summed E-state index contributed by atoms with van der Waals surface area (Å²) in [5, 5.41) is 0. The summed E-state index contributed by atoms with van der Waals surface area (Å²) in [5.41, 5.74) is 0.256. The van der Waals surface area contributed by atoms with Gasteiger partial charge in [0.15, 0.2) is 0 Å². The number of likely N-dealkylation sites (tertiary alicyclic amines) is 1. The van der Waals surface area contributed by atoms with E-state index >= 15 is 0 Å². The molecular weight excluding hydrogens is 129 g/mol. The van der Waals surface area contributed by atoms with Crippen LogP contribution in [-0.2, 0) is 0 Å². The van der Waals surface area contributed by atoms with Gasteiger partial charge in [-0.15, -0.1) is 0 Å². The van der Waals surface area contributed by atoms with Crippen molar-refractivity contribution in [1.82, 2.24) is 4.90 Å². The third-order valence-corrected chi connectivity index (χ3v) is 2.43. The van der Waals surface area contributed by atoms with Crippen LogP contribution in [0.3, 0.4) is 0 Å². The summed E-state index contributed by atoms with van der Waals surface area (Å²) in [6, 6.07) is 0. The van der Waals surface area contributed by atoms with Crippen molar-refractivity contribution in [2.45, 2.75) is 32.2 Å². The van der Waals surface area contributed by atoms with Crippen molar-refractivity contribution in [2.24, 2.45) is 0 Å². The molecule has 1 rings (SSSR count). The maximum Gasteiger partial charge on any atom is 0.102 e. The SMILES string of the molecule is CC1(C)CCCN1CCF. The second-order valence-corrected chi connectivity index (χ2v) is 3.59. The van der Waals surface area contributed by atoms with Gasteiger partial charge in [-0.1, -0.05) is 0 Å². The first-order valence-electron chi connectivity index (χ1n) is 3.98. The number of hydrogen-bond acceptors (Lipinski definition) is 1. The average molecular weight is 145 g/mol. The molecule has 0 amide bonds. The highest BCUT2D eigenvalue weighted by atomic mass is 19.1. The van der Waals surface area contributed by atoms with E-state index in [1.807, 2.05) is 0 Å². The monoisotopic (exact) mass is 145 g/mol. The van der Waals surface area contributed by atoms with Crippen LogP contribution in [0.1, 0.15) is 26.7 Å². The van der Waals surface area contributed by atoms with E-state index in [9.17, 15) is 4.39 Å². The van der Waals surface area contributed by atoms with Crippen molar-refractivity contribution in [1.29, 1.82) is 0 Å².